The fourth-order valence-corrected chi connectivity index (χ4v) is 3.55. The number of aliphatic hydroxyl groups is 3. The molecule has 4 N–H and O–H groups in total. The molecule has 3 rings (SSSR count). The van der Waals surface area contributed by atoms with Crippen molar-refractivity contribution in [1.29, 1.82) is 0 Å². The number of H-pyrrole nitrogens is 1. The molecule has 2 aromatic rings. The fraction of sp³-hybridized carbons (Fsp3) is 0.611. The minimum Gasteiger partial charge on any atom is -0.444 e. The van der Waals surface area contributed by atoms with Crippen LogP contribution in [0.15, 0.2) is 12.5 Å². The highest BCUT2D eigenvalue weighted by Gasteiger charge is 2.52. The Hall–Kier alpha value is -2.43. The standard InChI is InChI=1S/C18H27N5O5/c1-18(2,3)28-17(27)23-10(7-24)14(25)15(26)13(23)9-6-19-12-11(9)20-8-21-16(12)22(4)5/h6,8,10,13-15,19,24-26H,7H2,1-5H3. The number of carbonyl (C=O) groups excluding carboxylic acids is 1. The lowest BCUT2D eigenvalue weighted by molar-refractivity contribution is -0.000805. The lowest BCUT2D eigenvalue weighted by atomic mass is 10.0. The van der Waals surface area contributed by atoms with Crippen molar-refractivity contribution in [2.24, 2.45) is 0 Å². The minimum atomic E-state index is -1.33. The van der Waals surface area contributed by atoms with E-state index in [9.17, 15) is 20.1 Å². The van der Waals surface area contributed by atoms with Crippen molar-refractivity contribution in [2.75, 3.05) is 25.6 Å². The Balaban J connectivity index is 2.11. The number of rotatable bonds is 3. The van der Waals surface area contributed by atoms with E-state index in [1.54, 1.807) is 27.0 Å². The van der Waals surface area contributed by atoms with Gasteiger partial charge in [0.05, 0.1) is 24.2 Å². The van der Waals surface area contributed by atoms with E-state index in [2.05, 4.69) is 15.0 Å². The van der Waals surface area contributed by atoms with Crippen LogP contribution in [0.4, 0.5) is 10.6 Å². The molecular weight excluding hydrogens is 366 g/mol. The summed E-state index contributed by atoms with van der Waals surface area (Å²) in [6, 6.07) is -1.95. The van der Waals surface area contributed by atoms with Crippen LogP contribution in [0.1, 0.15) is 32.4 Å². The number of nitrogens with one attached hydrogen (secondary N) is 1. The molecule has 3 heterocycles. The van der Waals surface area contributed by atoms with Crippen molar-refractivity contribution in [3.8, 4) is 0 Å². The molecule has 28 heavy (non-hydrogen) atoms. The maximum Gasteiger partial charge on any atom is 0.411 e. The first-order chi connectivity index (χ1) is 13.1. The Bertz CT molecular complexity index is 862. The zero-order valence-corrected chi connectivity index (χ0v) is 16.6. The molecule has 0 saturated carbocycles. The molecule has 4 unspecified atom stereocenters. The third-order valence-electron chi connectivity index (χ3n) is 4.73. The van der Waals surface area contributed by atoms with Crippen molar-refractivity contribution in [3.05, 3.63) is 18.1 Å². The molecule has 154 valence electrons. The number of aromatic nitrogens is 3. The predicted molar refractivity (Wildman–Crippen MR) is 102 cm³/mol. The normalized spacial score (nSPS) is 25.4. The Morgan fingerprint density at radius 2 is 1.96 bits per heavy atom. The average molecular weight is 393 g/mol. The number of carbonyl (C=O) groups is 1. The second-order valence-corrected chi connectivity index (χ2v) is 8.12. The molecular formula is C18H27N5O5. The van der Waals surface area contributed by atoms with E-state index >= 15 is 0 Å². The van der Waals surface area contributed by atoms with Gasteiger partial charge in [-0.1, -0.05) is 0 Å². The van der Waals surface area contributed by atoms with Crippen molar-refractivity contribution in [3.63, 3.8) is 0 Å². The summed E-state index contributed by atoms with van der Waals surface area (Å²) in [5.41, 5.74) is 0.886. The molecule has 4 atom stereocenters. The summed E-state index contributed by atoms with van der Waals surface area (Å²) in [7, 11) is 3.68. The molecule has 0 bridgehead atoms. The molecule has 1 amide bonds. The highest BCUT2D eigenvalue weighted by Crippen LogP contribution is 2.40. The zero-order chi connectivity index (χ0) is 20.8. The van der Waals surface area contributed by atoms with E-state index in [0.717, 1.165) is 0 Å². The van der Waals surface area contributed by atoms with Crippen LogP contribution in [0.3, 0.4) is 0 Å². The molecule has 0 spiro atoms. The lowest BCUT2D eigenvalue weighted by Gasteiger charge is -2.32. The van der Waals surface area contributed by atoms with Gasteiger partial charge in [-0.15, -0.1) is 0 Å². The number of hydrogen-bond acceptors (Lipinski definition) is 8. The van der Waals surface area contributed by atoms with Gasteiger partial charge in [0.2, 0.25) is 0 Å². The van der Waals surface area contributed by atoms with Crippen LogP contribution in [0.25, 0.3) is 11.0 Å². The summed E-state index contributed by atoms with van der Waals surface area (Å²) in [5.74, 6) is 0.645. The van der Waals surface area contributed by atoms with Gasteiger partial charge in [-0.3, -0.25) is 4.90 Å². The van der Waals surface area contributed by atoms with Crippen molar-refractivity contribution in [1.82, 2.24) is 19.9 Å². The van der Waals surface area contributed by atoms with Gasteiger partial charge in [0, 0.05) is 25.9 Å². The van der Waals surface area contributed by atoms with E-state index in [1.165, 1.54) is 11.2 Å². The molecule has 1 fully saturated rings. The molecule has 2 aromatic heterocycles. The molecule has 1 aliphatic heterocycles. The van der Waals surface area contributed by atoms with Gasteiger partial charge in [-0.05, 0) is 20.8 Å². The van der Waals surface area contributed by atoms with Crippen LogP contribution >= 0.6 is 0 Å². The first kappa shape index (κ1) is 20.3. The van der Waals surface area contributed by atoms with E-state index < -0.39 is 42.6 Å². The lowest BCUT2D eigenvalue weighted by Crippen LogP contribution is -2.45. The largest absolute Gasteiger partial charge is 0.444 e. The Kier molecular flexibility index (Phi) is 5.22. The molecule has 0 aliphatic carbocycles. The quantitative estimate of drug-likeness (QED) is 0.588. The smallest absolute Gasteiger partial charge is 0.411 e. The number of hydrogen-bond donors (Lipinski definition) is 4. The van der Waals surface area contributed by atoms with Crippen LogP contribution in [-0.4, -0.2) is 85.8 Å². The number of aromatic amines is 1. The number of amides is 1. The van der Waals surface area contributed by atoms with E-state index in [-0.39, 0.29) is 0 Å². The summed E-state index contributed by atoms with van der Waals surface area (Å²) in [6.45, 7) is 4.64. The number of fused-ring (bicyclic) bond motifs is 1. The van der Waals surface area contributed by atoms with Crippen LogP contribution < -0.4 is 4.90 Å². The molecule has 0 radical (unpaired) electrons. The highest BCUT2D eigenvalue weighted by molar-refractivity contribution is 5.89. The van der Waals surface area contributed by atoms with Gasteiger partial charge >= 0.3 is 6.09 Å². The maximum atomic E-state index is 12.9. The van der Waals surface area contributed by atoms with Crippen molar-refractivity contribution >= 4 is 22.9 Å². The monoisotopic (exact) mass is 393 g/mol. The fourth-order valence-electron chi connectivity index (χ4n) is 3.55. The van der Waals surface area contributed by atoms with Crippen LogP contribution in [0, 0.1) is 0 Å². The van der Waals surface area contributed by atoms with Gasteiger partial charge < -0.3 is 29.9 Å². The van der Waals surface area contributed by atoms with Crippen LogP contribution in [0.5, 0.6) is 0 Å². The van der Waals surface area contributed by atoms with Crippen molar-refractivity contribution in [2.45, 2.75) is 50.7 Å². The number of aliphatic hydroxyl groups excluding tert-OH is 3. The molecule has 1 saturated heterocycles. The maximum absolute atomic E-state index is 12.9. The molecule has 10 nitrogen and oxygen atoms in total. The first-order valence-corrected chi connectivity index (χ1v) is 9.04. The Morgan fingerprint density at radius 3 is 2.54 bits per heavy atom. The SMILES string of the molecule is CN(C)c1ncnc2c(C3C(O)C(O)C(CO)N3C(=O)OC(C)(C)C)c[nH]c12. The van der Waals surface area contributed by atoms with Gasteiger partial charge in [0.1, 0.15) is 29.7 Å². The zero-order valence-electron chi connectivity index (χ0n) is 16.6. The van der Waals surface area contributed by atoms with Gasteiger partial charge in [-0.2, -0.15) is 0 Å². The Labute approximate surface area is 162 Å². The summed E-state index contributed by atoms with van der Waals surface area (Å²) < 4.78 is 5.46. The average Bonchev–Trinajstić information content (AvgIpc) is 3.12. The highest BCUT2D eigenvalue weighted by atomic mass is 16.6. The Morgan fingerprint density at radius 1 is 1.29 bits per heavy atom. The molecule has 10 heteroatoms. The van der Waals surface area contributed by atoms with E-state index in [4.69, 9.17) is 4.74 Å². The third kappa shape index (κ3) is 3.38. The predicted octanol–water partition coefficient (Wildman–Crippen LogP) is 0.398. The summed E-state index contributed by atoms with van der Waals surface area (Å²) in [5, 5.41) is 30.9. The summed E-state index contributed by atoms with van der Waals surface area (Å²) >= 11 is 0. The van der Waals surface area contributed by atoms with E-state index in [1.807, 2.05) is 19.0 Å². The molecule has 1 aliphatic rings. The number of likely N-dealkylation sites (tertiary alicyclic amines) is 1. The van der Waals surface area contributed by atoms with Crippen LogP contribution in [-0.2, 0) is 4.74 Å². The minimum absolute atomic E-state index is 0.508. The van der Waals surface area contributed by atoms with Gasteiger partial charge in [0.15, 0.2) is 5.82 Å². The van der Waals surface area contributed by atoms with Crippen molar-refractivity contribution < 1.29 is 24.9 Å². The molecule has 0 aromatic carbocycles. The van der Waals surface area contributed by atoms with Gasteiger partial charge in [-0.25, -0.2) is 14.8 Å². The van der Waals surface area contributed by atoms with Crippen LogP contribution in [0.2, 0.25) is 0 Å². The second kappa shape index (κ2) is 7.19. The topological polar surface area (TPSA) is 135 Å². The van der Waals surface area contributed by atoms with E-state index in [0.29, 0.717) is 22.4 Å². The number of nitrogens with zero attached hydrogens (tertiary/aromatic N) is 4. The second-order valence-electron chi connectivity index (χ2n) is 8.12. The first-order valence-electron chi connectivity index (χ1n) is 9.04. The summed E-state index contributed by atoms with van der Waals surface area (Å²) in [4.78, 5) is 27.5. The number of ether oxygens (including phenoxy) is 1. The van der Waals surface area contributed by atoms with Gasteiger partial charge in [0.25, 0.3) is 0 Å². The summed E-state index contributed by atoms with van der Waals surface area (Å²) in [6.07, 6.45) is -0.356. The number of anilines is 1. The third-order valence-corrected chi connectivity index (χ3v) is 4.73.